The van der Waals surface area contributed by atoms with Gasteiger partial charge >= 0.3 is 12.0 Å². The summed E-state index contributed by atoms with van der Waals surface area (Å²) in [6, 6.07) is -0.201. The molecule has 0 spiro atoms. The van der Waals surface area contributed by atoms with Crippen LogP contribution in [0.4, 0.5) is 4.79 Å². The summed E-state index contributed by atoms with van der Waals surface area (Å²) in [5.41, 5.74) is 0. The van der Waals surface area contributed by atoms with Gasteiger partial charge in [0.05, 0.1) is 0 Å². The number of nitrogens with one attached hydrogen (secondary N) is 2. The minimum atomic E-state index is -0.798. The molecule has 0 bridgehead atoms. The average Bonchev–Trinajstić information content (AvgIpc) is 2.23. The summed E-state index contributed by atoms with van der Waals surface area (Å²) in [7, 11) is 0. The van der Waals surface area contributed by atoms with Gasteiger partial charge in [-0.15, -0.1) is 0 Å². The normalized spacial score (nSPS) is 12.4. The van der Waals surface area contributed by atoms with Gasteiger partial charge < -0.3 is 15.7 Å². The Bertz CT molecular complexity index is 264. The SMILES string of the molecule is C/C=C/CCNC(=O)NC(C)CCCC(=O)O. The van der Waals surface area contributed by atoms with Crippen molar-refractivity contribution in [3.63, 3.8) is 0 Å². The number of carboxylic acids is 1. The van der Waals surface area contributed by atoms with Gasteiger partial charge in [-0.2, -0.15) is 0 Å². The van der Waals surface area contributed by atoms with E-state index < -0.39 is 5.97 Å². The largest absolute Gasteiger partial charge is 0.481 e. The number of carbonyl (C=O) groups excluding carboxylic acids is 1. The second kappa shape index (κ2) is 9.69. The molecule has 3 N–H and O–H groups in total. The molecular formula is C12H22N2O3. The Labute approximate surface area is 102 Å². The maximum atomic E-state index is 11.4. The molecule has 0 saturated carbocycles. The minimum Gasteiger partial charge on any atom is -0.481 e. The van der Waals surface area contributed by atoms with E-state index in [-0.39, 0.29) is 18.5 Å². The van der Waals surface area contributed by atoms with Crippen molar-refractivity contribution in [1.29, 1.82) is 0 Å². The highest BCUT2D eigenvalue weighted by molar-refractivity contribution is 5.74. The molecule has 5 nitrogen and oxygen atoms in total. The van der Waals surface area contributed by atoms with Crippen LogP contribution in [0.1, 0.15) is 39.5 Å². The van der Waals surface area contributed by atoms with Crippen molar-refractivity contribution in [2.45, 2.75) is 45.6 Å². The first-order valence-electron chi connectivity index (χ1n) is 5.93. The lowest BCUT2D eigenvalue weighted by Crippen LogP contribution is -2.41. The molecule has 0 radical (unpaired) electrons. The number of allylic oxidation sites excluding steroid dienone is 1. The van der Waals surface area contributed by atoms with Gasteiger partial charge in [0.2, 0.25) is 0 Å². The Morgan fingerprint density at radius 2 is 2.12 bits per heavy atom. The standard InChI is InChI=1S/C12H22N2O3/c1-3-4-5-9-13-12(17)14-10(2)7-6-8-11(15)16/h3-4,10H,5-9H2,1-2H3,(H,15,16)(H2,13,14,17)/b4-3+. The molecule has 17 heavy (non-hydrogen) atoms. The molecule has 0 aromatic rings. The zero-order chi connectivity index (χ0) is 13.1. The number of aliphatic carboxylic acids is 1. The maximum Gasteiger partial charge on any atom is 0.315 e. The van der Waals surface area contributed by atoms with E-state index in [0.29, 0.717) is 19.4 Å². The smallest absolute Gasteiger partial charge is 0.315 e. The molecule has 2 amide bonds. The molecule has 0 rings (SSSR count). The zero-order valence-corrected chi connectivity index (χ0v) is 10.5. The van der Waals surface area contributed by atoms with E-state index in [9.17, 15) is 9.59 Å². The quantitative estimate of drug-likeness (QED) is 0.449. The van der Waals surface area contributed by atoms with Crippen molar-refractivity contribution < 1.29 is 14.7 Å². The van der Waals surface area contributed by atoms with E-state index in [0.717, 1.165) is 6.42 Å². The van der Waals surface area contributed by atoms with Gasteiger partial charge in [0.25, 0.3) is 0 Å². The van der Waals surface area contributed by atoms with Crippen molar-refractivity contribution in [3.05, 3.63) is 12.2 Å². The molecule has 1 atom stereocenters. The molecule has 5 heteroatoms. The van der Waals surface area contributed by atoms with Crippen LogP contribution in [-0.4, -0.2) is 29.7 Å². The van der Waals surface area contributed by atoms with Gasteiger partial charge in [0, 0.05) is 19.0 Å². The fourth-order valence-electron chi connectivity index (χ4n) is 1.34. The molecule has 0 aromatic heterocycles. The Morgan fingerprint density at radius 3 is 2.71 bits per heavy atom. The summed E-state index contributed by atoms with van der Waals surface area (Å²) in [5, 5.41) is 14.0. The highest BCUT2D eigenvalue weighted by atomic mass is 16.4. The van der Waals surface area contributed by atoms with Gasteiger partial charge in [-0.1, -0.05) is 12.2 Å². The molecule has 0 aliphatic heterocycles. The fourth-order valence-corrected chi connectivity index (χ4v) is 1.34. The van der Waals surface area contributed by atoms with Crippen molar-refractivity contribution >= 4 is 12.0 Å². The zero-order valence-electron chi connectivity index (χ0n) is 10.5. The summed E-state index contributed by atoms with van der Waals surface area (Å²) in [5.74, 6) is -0.798. The first-order valence-corrected chi connectivity index (χ1v) is 5.93. The van der Waals surface area contributed by atoms with E-state index in [1.165, 1.54) is 0 Å². The van der Waals surface area contributed by atoms with E-state index in [1.54, 1.807) is 0 Å². The second-order valence-electron chi connectivity index (χ2n) is 3.94. The van der Waals surface area contributed by atoms with Gasteiger partial charge in [-0.25, -0.2) is 4.79 Å². The summed E-state index contributed by atoms with van der Waals surface area (Å²) in [6.45, 7) is 4.41. The molecular weight excluding hydrogens is 220 g/mol. The number of hydrogen-bond donors (Lipinski definition) is 3. The van der Waals surface area contributed by atoms with Crippen LogP contribution >= 0.6 is 0 Å². The summed E-state index contributed by atoms with van der Waals surface area (Å²) in [4.78, 5) is 21.7. The van der Waals surface area contributed by atoms with Gasteiger partial charge in [-0.3, -0.25) is 4.79 Å². The Kier molecular flexibility index (Phi) is 8.82. The molecule has 1 unspecified atom stereocenters. The van der Waals surface area contributed by atoms with Gasteiger partial charge in [0.15, 0.2) is 0 Å². The van der Waals surface area contributed by atoms with Crippen LogP contribution in [-0.2, 0) is 4.79 Å². The highest BCUT2D eigenvalue weighted by Crippen LogP contribution is 2.00. The number of carboxylic acid groups (broad SMARTS) is 1. The molecule has 98 valence electrons. The summed E-state index contributed by atoms with van der Waals surface area (Å²) < 4.78 is 0. The number of urea groups is 1. The minimum absolute atomic E-state index is 0.00364. The predicted octanol–water partition coefficient (Wildman–Crippen LogP) is 1.90. The van der Waals surface area contributed by atoms with Crippen LogP contribution in [0.15, 0.2) is 12.2 Å². The monoisotopic (exact) mass is 242 g/mol. The lowest BCUT2D eigenvalue weighted by Gasteiger charge is -2.13. The lowest BCUT2D eigenvalue weighted by atomic mass is 10.1. The molecule has 0 aliphatic rings. The van der Waals surface area contributed by atoms with E-state index in [4.69, 9.17) is 5.11 Å². The van der Waals surface area contributed by atoms with E-state index in [2.05, 4.69) is 10.6 Å². The fraction of sp³-hybridized carbons (Fsp3) is 0.667. The molecule has 0 saturated heterocycles. The topological polar surface area (TPSA) is 78.4 Å². The average molecular weight is 242 g/mol. The number of amides is 2. The predicted molar refractivity (Wildman–Crippen MR) is 66.9 cm³/mol. The van der Waals surface area contributed by atoms with E-state index >= 15 is 0 Å². The molecule has 0 aliphatic carbocycles. The van der Waals surface area contributed by atoms with Crippen molar-refractivity contribution in [3.8, 4) is 0 Å². The Balaban J connectivity index is 3.54. The van der Waals surface area contributed by atoms with Crippen LogP contribution in [0.25, 0.3) is 0 Å². The number of carbonyl (C=O) groups is 2. The third-order valence-electron chi connectivity index (χ3n) is 2.24. The number of rotatable bonds is 8. The Hall–Kier alpha value is -1.52. The van der Waals surface area contributed by atoms with Crippen molar-refractivity contribution in [1.82, 2.24) is 10.6 Å². The highest BCUT2D eigenvalue weighted by Gasteiger charge is 2.06. The second-order valence-corrected chi connectivity index (χ2v) is 3.94. The van der Waals surface area contributed by atoms with Crippen molar-refractivity contribution in [2.75, 3.05) is 6.54 Å². The summed E-state index contributed by atoms with van der Waals surface area (Å²) in [6.07, 6.45) is 6.14. The summed E-state index contributed by atoms with van der Waals surface area (Å²) >= 11 is 0. The first kappa shape index (κ1) is 15.5. The molecule has 0 heterocycles. The maximum absolute atomic E-state index is 11.4. The molecule has 0 fully saturated rings. The van der Waals surface area contributed by atoms with Crippen LogP contribution in [0.5, 0.6) is 0 Å². The van der Waals surface area contributed by atoms with Gasteiger partial charge in [0.1, 0.15) is 0 Å². The van der Waals surface area contributed by atoms with Crippen molar-refractivity contribution in [2.24, 2.45) is 0 Å². The third-order valence-corrected chi connectivity index (χ3v) is 2.24. The van der Waals surface area contributed by atoms with Crippen LogP contribution in [0, 0.1) is 0 Å². The van der Waals surface area contributed by atoms with Crippen LogP contribution in [0.2, 0.25) is 0 Å². The van der Waals surface area contributed by atoms with E-state index in [1.807, 2.05) is 26.0 Å². The van der Waals surface area contributed by atoms with Crippen LogP contribution < -0.4 is 10.6 Å². The van der Waals surface area contributed by atoms with Crippen LogP contribution in [0.3, 0.4) is 0 Å². The number of hydrogen-bond acceptors (Lipinski definition) is 2. The first-order chi connectivity index (χ1) is 8.06. The lowest BCUT2D eigenvalue weighted by molar-refractivity contribution is -0.137. The third kappa shape index (κ3) is 10.8. The molecule has 0 aromatic carbocycles. The van der Waals surface area contributed by atoms with Gasteiger partial charge in [-0.05, 0) is 33.1 Å². The Morgan fingerprint density at radius 1 is 1.41 bits per heavy atom.